The average Bonchev–Trinajstić information content (AvgIpc) is 3.02. The van der Waals surface area contributed by atoms with Gasteiger partial charge in [-0.2, -0.15) is 0 Å². The first-order valence-corrected chi connectivity index (χ1v) is 8.19. The molecule has 104 valence electrons. The SMILES string of the molecule is CC1Cc2cc(C(Br)CCC3CCCO3)ccc2O1. The Hall–Kier alpha value is -0.540. The lowest BCUT2D eigenvalue weighted by atomic mass is 10.0. The lowest BCUT2D eigenvalue weighted by Crippen LogP contribution is -2.06. The van der Waals surface area contributed by atoms with Gasteiger partial charge in [-0.05, 0) is 49.8 Å². The van der Waals surface area contributed by atoms with Crippen molar-refractivity contribution in [1.29, 1.82) is 0 Å². The molecule has 0 bridgehead atoms. The number of ether oxygens (including phenoxy) is 2. The predicted molar refractivity (Wildman–Crippen MR) is 80.1 cm³/mol. The van der Waals surface area contributed by atoms with E-state index in [-0.39, 0.29) is 0 Å². The lowest BCUT2D eigenvalue weighted by Gasteiger charge is -2.14. The zero-order valence-corrected chi connectivity index (χ0v) is 13.0. The van der Waals surface area contributed by atoms with Crippen molar-refractivity contribution in [2.75, 3.05) is 6.61 Å². The second kappa shape index (κ2) is 5.84. The molecule has 0 amide bonds. The van der Waals surface area contributed by atoms with Crippen LogP contribution >= 0.6 is 15.9 Å². The fourth-order valence-electron chi connectivity index (χ4n) is 3.01. The first-order chi connectivity index (χ1) is 9.22. The fraction of sp³-hybridized carbons (Fsp3) is 0.625. The van der Waals surface area contributed by atoms with Crippen LogP contribution in [0.4, 0.5) is 0 Å². The van der Waals surface area contributed by atoms with Crippen molar-refractivity contribution in [2.45, 2.75) is 56.1 Å². The monoisotopic (exact) mass is 324 g/mol. The van der Waals surface area contributed by atoms with Crippen molar-refractivity contribution in [2.24, 2.45) is 0 Å². The number of benzene rings is 1. The maximum absolute atomic E-state index is 5.75. The van der Waals surface area contributed by atoms with Gasteiger partial charge in [0.25, 0.3) is 0 Å². The summed E-state index contributed by atoms with van der Waals surface area (Å²) in [5.74, 6) is 1.06. The van der Waals surface area contributed by atoms with Gasteiger partial charge in [-0.3, -0.25) is 0 Å². The Morgan fingerprint density at radius 1 is 1.42 bits per heavy atom. The highest BCUT2D eigenvalue weighted by atomic mass is 79.9. The van der Waals surface area contributed by atoms with E-state index in [0.29, 0.717) is 17.0 Å². The minimum absolute atomic E-state index is 0.325. The van der Waals surface area contributed by atoms with Gasteiger partial charge in [0.1, 0.15) is 11.9 Å². The van der Waals surface area contributed by atoms with Gasteiger partial charge in [0, 0.05) is 17.9 Å². The Morgan fingerprint density at radius 2 is 2.32 bits per heavy atom. The average molecular weight is 325 g/mol. The Kier molecular flexibility index (Phi) is 4.13. The van der Waals surface area contributed by atoms with E-state index in [1.165, 1.54) is 24.0 Å². The van der Waals surface area contributed by atoms with Crippen LogP contribution < -0.4 is 4.74 Å². The second-order valence-corrected chi connectivity index (χ2v) is 6.78. The molecule has 1 fully saturated rings. The van der Waals surface area contributed by atoms with Crippen molar-refractivity contribution < 1.29 is 9.47 Å². The van der Waals surface area contributed by atoms with Crippen molar-refractivity contribution in [1.82, 2.24) is 0 Å². The third kappa shape index (κ3) is 3.14. The Labute approximate surface area is 123 Å². The zero-order valence-electron chi connectivity index (χ0n) is 11.4. The van der Waals surface area contributed by atoms with Crippen LogP contribution in [0.2, 0.25) is 0 Å². The van der Waals surface area contributed by atoms with Crippen molar-refractivity contribution in [3.05, 3.63) is 29.3 Å². The van der Waals surface area contributed by atoms with Crippen molar-refractivity contribution in [3.8, 4) is 5.75 Å². The third-order valence-corrected chi connectivity index (χ3v) is 5.03. The molecule has 3 unspecified atom stereocenters. The standard InChI is InChI=1S/C16H21BrO2/c1-11-9-13-10-12(4-7-16(13)19-11)15(17)6-5-14-3-2-8-18-14/h4,7,10-11,14-15H,2-3,5-6,8-9H2,1H3. The summed E-state index contributed by atoms with van der Waals surface area (Å²) in [4.78, 5) is 0.429. The molecule has 2 aliphatic heterocycles. The van der Waals surface area contributed by atoms with E-state index in [2.05, 4.69) is 41.1 Å². The topological polar surface area (TPSA) is 18.5 Å². The van der Waals surface area contributed by atoms with Crippen LogP contribution in [0, 0.1) is 0 Å². The van der Waals surface area contributed by atoms with Crippen molar-refractivity contribution >= 4 is 15.9 Å². The van der Waals surface area contributed by atoms with Gasteiger partial charge in [0.05, 0.1) is 6.10 Å². The summed E-state index contributed by atoms with van der Waals surface area (Å²) < 4.78 is 11.4. The number of fused-ring (bicyclic) bond motifs is 1. The highest BCUT2D eigenvalue weighted by Gasteiger charge is 2.21. The van der Waals surface area contributed by atoms with Crippen LogP contribution in [-0.2, 0) is 11.2 Å². The van der Waals surface area contributed by atoms with E-state index >= 15 is 0 Å². The summed E-state index contributed by atoms with van der Waals surface area (Å²) in [5.41, 5.74) is 2.72. The van der Waals surface area contributed by atoms with E-state index < -0.39 is 0 Å². The largest absolute Gasteiger partial charge is 0.490 e. The molecule has 0 N–H and O–H groups in total. The minimum atomic E-state index is 0.325. The number of rotatable bonds is 4. The quantitative estimate of drug-likeness (QED) is 0.764. The smallest absolute Gasteiger partial charge is 0.123 e. The van der Waals surface area contributed by atoms with Crippen molar-refractivity contribution in [3.63, 3.8) is 0 Å². The number of alkyl halides is 1. The van der Waals surface area contributed by atoms with E-state index in [4.69, 9.17) is 9.47 Å². The van der Waals surface area contributed by atoms with Crippen LogP contribution in [0.25, 0.3) is 0 Å². The molecule has 0 spiro atoms. The van der Waals surface area contributed by atoms with Gasteiger partial charge < -0.3 is 9.47 Å². The summed E-state index contributed by atoms with van der Waals surface area (Å²) in [6.07, 6.45) is 6.60. The van der Waals surface area contributed by atoms with Gasteiger partial charge >= 0.3 is 0 Å². The van der Waals surface area contributed by atoms with Gasteiger partial charge in [0.2, 0.25) is 0 Å². The molecule has 19 heavy (non-hydrogen) atoms. The molecule has 3 atom stereocenters. The van der Waals surface area contributed by atoms with Crippen LogP contribution in [0.1, 0.15) is 48.6 Å². The van der Waals surface area contributed by atoms with Gasteiger partial charge in [-0.1, -0.05) is 28.1 Å². The van der Waals surface area contributed by atoms with Gasteiger partial charge in [0.15, 0.2) is 0 Å². The molecule has 0 radical (unpaired) electrons. The maximum atomic E-state index is 5.75. The van der Waals surface area contributed by atoms with E-state index in [1.807, 2.05) is 0 Å². The highest BCUT2D eigenvalue weighted by Crippen LogP contribution is 2.36. The summed E-state index contributed by atoms with van der Waals surface area (Å²) in [6.45, 7) is 3.08. The van der Waals surface area contributed by atoms with Crippen LogP contribution in [0.3, 0.4) is 0 Å². The van der Waals surface area contributed by atoms with Gasteiger partial charge in [-0.15, -0.1) is 0 Å². The molecule has 2 nitrogen and oxygen atoms in total. The normalized spacial score (nSPS) is 27.1. The molecule has 2 heterocycles. The molecule has 0 saturated carbocycles. The maximum Gasteiger partial charge on any atom is 0.123 e. The summed E-state index contributed by atoms with van der Waals surface area (Å²) >= 11 is 3.82. The Bertz CT molecular complexity index is 440. The van der Waals surface area contributed by atoms with Crippen LogP contribution in [0.5, 0.6) is 5.75 Å². The second-order valence-electron chi connectivity index (χ2n) is 5.68. The van der Waals surface area contributed by atoms with Crippen LogP contribution in [-0.4, -0.2) is 18.8 Å². The molecule has 1 aromatic carbocycles. The first-order valence-electron chi connectivity index (χ1n) is 7.27. The molecule has 2 aliphatic rings. The number of hydrogen-bond donors (Lipinski definition) is 0. The highest BCUT2D eigenvalue weighted by molar-refractivity contribution is 9.09. The Balaban J connectivity index is 1.60. The molecular weight excluding hydrogens is 304 g/mol. The molecular formula is C16H21BrO2. The molecule has 3 rings (SSSR count). The fourth-order valence-corrected chi connectivity index (χ4v) is 3.56. The molecule has 1 saturated heterocycles. The minimum Gasteiger partial charge on any atom is -0.490 e. The van der Waals surface area contributed by atoms with E-state index in [1.54, 1.807) is 0 Å². The summed E-state index contributed by atoms with van der Waals surface area (Å²) in [6, 6.07) is 6.61. The summed E-state index contributed by atoms with van der Waals surface area (Å²) in [5, 5.41) is 0. The third-order valence-electron chi connectivity index (χ3n) is 4.05. The predicted octanol–water partition coefficient (Wildman–Crippen LogP) is 4.41. The lowest BCUT2D eigenvalue weighted by molar-refractivity contribution is 0.102. The summed E-state index contributed by atoms with van der Waals surface area (Å²) in [7, 11) is 0. The molecule has 0 aliphatic carbocycles. The molecule has 3 heteroatoms. The van der Waals surface area contributed by atoms with E-state index in [0.717, 1.165) is 31.6 Å². The number of hydrogen-bond acceptors (Lipinski definition) is 2. The number of halogens is 1. The van der Waals surface area contributed by atoms with E-state index in [9.17, 15) is 0 Å². The van der Waals surface area contributed by atoms with Crippen LogP contribution in [0.15, 0.2) is 18.2 Å². The Morgan fingerprint density at radius 3 is 3.11 bits per heavy atom. The van der Waals surface area contributed by atoms with Gasteiger partial charge in [-0.25, -0.2) is 0 Å². The molecule has 1 aromatic rings. The molecule has 0 aromatic heterocycles. The first kappa shape index (κ1) is 13.4. The zero-order chi connectivity index (χ0) is 13.2.